The SMILES string of the molecule is O=C(COc1ccccc1)N1CCN(C(=O)c2ccccc2)CC1. The number of ether oxygens (including phenoxy) is 1. The molecule has 0 saturated carbocycles. The Labute approximate surface area is 141 Å². The maximum atomic E-state index is 12.4. The first-order valence-corrected chi connectivity index (χ1v) is 8.04. The van der Waals surface area contributed by atoms with Gasteiger partial charge in [-0.15, -0.1) is 0 Å². The number of carbonyl (C=O) groups excluding carboxylic acids is 2. The molecule has 2 amide bonds. The van der Waals surface area contributed by atoms with Crippen LogP contribution in [0, 0.1) is 0 Å². The molecular weight excluding hydrogens is 304 g/mol. The van der Waals surface area contributed by atoms with Crippen molar-refractivity contribution in [2.45, 2.75) is 0 Å². The molecule has 0 radical (unpaired) electrons. The molecule has 1 saturated heterocycles. The van der Waals surface area contributed by atoms with Crippen molar-refractivity contribution < 1.29 is 14.3 Å². The van der Waals surface area contributed by atoms with Crippen LogP contribution in [0.2, 0.25) is 0 Å². The molecule has 1 heterocycles. The monoisotopic (exact) mass is 324 g/mol. The summed E-state index contributed by atoms with van der Waals surface area (Å²) in [7, 11) is 0. The summed E-state index contributed by atoms with van der Waals surface area (Å²) in [6.07, 6.45) is 0. The molecule has 1 aliphatic heterocycles. The van der Waals surface area contributed by atoms with Crippen LogP contribution in [-0.2, 0) is 4.79 Å². The van der Waals surface area contributed by atoms with Gasteiger partial charge in [-0.3, -0.25) is 9.59 Å². The van der Waals surface area contributed by atoms with Gasteiger partial charge in [0, 0.05) is 31.7 Å². The van der Waals surface area contributed by atoms with Crippen molar-refractivity contribution in [3.05, 3.63) is 66.2 Å². The van der Waals surface area contributed by atoms with E-state index in [0.29, 0.717) is 37.5 Å². The second kappa shape index (κ2) is 7.64. The van der Waals surface area contributed by atoms with Gasteiger partial charge in [0.15, 0.2) is 6.61 Å². The molecule has 1 aliphatic rings. The molecule has 24 heavy (non-hydrogen) atoms. The van der Waals surface area contributed by atoms with Gasteiger partial charge in [0.25, 0.3) is 11.8 Å². The number of para-hydroxylation sites is 1. The highest BCUT2D eigenvalue weighted by molar-refractivity contribution is 5.94. The Morgan fingerprint density at radius 1 is 0.792 bits per heavy atom. The van der Waals surface area contributed by atoms with Crippen LogP contribution < -0.4 is 4.74 Å². The molecule has 5 nitrogen and oxygen atoms in total. The zero-order valence-corrected chi connectivity index (χ0v) is 13.4. The van der Waals surface area contributed by atoms with E-state index < -0.39 is 0 Å². The van der Waals surface area contributed by atoms with Gasteiger partial charge in [0.1, 0.15) is 5.75 Å². The lowest BCUT2D eigenvalue weighted by molar-refractivity contribution is -0.134. The van der Waals surface area contributed by atoms with Crippen LogP contribution in [0.3, 0.4) is 0 Å². The van der Waals surface area contributed by atoms with Gasteiger partial charge in [-0.05, 0) is 24.3 Å². The van der Waals surface area contributed by atoms with E-state index in [-0.39, 0.29) is 18.4 Å². The van der Waals surface area contributed by atoms with Crippen LogP contribution >= 0.6 is 0 Å². The highest BCUT2D eigenvalue weighted by Crippen LogP contribution is 2.11. The summed E-state index contributed by atoms with van der Waals surface area (Å²) in [5, 5.41) is 0. The first-order chi connectivity index (χ1) is 11.7. The summed E-state index contributed by atoms with van der Waals surface area (Å²) < 4.78 is 5.49. The lowest BCUT2D eigenvalue weighted by Crippen LogP contribution is -2.51. The third-order valence-electron chi connectivity index (χ3n) is 4.05. The van der Waals surface area contributed by atoms with Gasteiger partial charge in [0.05, 0.1) is 0 Å². The summed E-state index contributed by atoms with van der Waals surface area (Å²) in [4.78, 5) is 28.1. The van der Waals surface area contributed by atoms with E-state index in [9.17, 15) is 9.59 Å². The molecule has 1 fully saturated rings. The summed E-state index contributed by atoms with van der Waals surface area (Å²) >= 11 is 0. The topological polar surface area (TPSA) is 49.9 Å². The molecule has 5 heteroatoms. The summed E-state index contributed by atoms with van der Waals surface area (Å²) in [5.41, 5.74) is 0.685. The standard InChI is InChI=1S/C19H20N2O3/c22-18(15-24-17-9-5-2-6-10-17)20-11-13-21(14-12-20)19(23)16-7-3-1-4-8-16/h1-10H,11-15H2. The van der Waals surface area contributed by atoms with Gasteiger partial charge in [-0.2, -0.15) is 0 Å². The molecule has 0 aliphatic carbocycles. The summed E-state index contributed by atoms with van der Waals surface area (Å²) in [6.45, 7) is 2.19. The molecule has 0 spiro atoms. The predicted octanol–water partition coefficient (Wildman–Crippen LogP) is 2.05. The number of amides is 2. The second-order valence-corrected chi connectivity index (χ2v) is 5.64. The predicted molar refractivity (Wildman–Crippen MR) is 90.9 cm³/mol. The van der Waals surface area contributed by atoms with E-state index in [1.165, 1.54) is 0 Å². The number of rotatable bonds is 4. The number of hydrogen-bond acceptors (Lipinski definition) is 3. The van der Waals surface area contributed by atoms with Gasteiger partial charge in [0.2, 0.25) is 0 Å². The maximum absolute atomic E-state index is 12.4. The Bertz CT molecular complexity index is 680. The Morgan fingerprint density at radius 3 is 1.96 bits per heavy atom. The minimum Gasteiger partial charge on any atom is -0.484 e. The lowest BCUT2D eigenvalue weighted by Gasteiger charge is -2.34. The van der Waals surface area contributed by atoms with Crippen molar-refractivity contribution in [1.29, 1.82) is 0 Å². The molecule has 2 aromatic carbocycles. The van der Waals surface area contributed by atoms with Gasteiger partial charge in [-0.1, -0.05) is 36.4 Å². The first-order valence-electron chi connectivity index (χ1n) is 8.04. The fourth-order valence-corrected chi connectivity index (χ4v) is 2.68. The average Bonchev–Trinajstić information content (AvgIpc) is 2.67. The molecular formula is C19H20N2O3. The fraction of sp³-hybridized carbons (Fsp3) is 0.263. The van der Waals surface area contributed by atoms with Crippen molar-refractivity contribution in [1.82, 2.24) is 9.80 Å². The van der Waals surface area contributed by atoms with Gasteiger partial charge in [-0.25, -0.2) is 0 Å². The van der Waals surface area contributed by atoms with Crippen molar-refractivity contribution >= 4 is 11.8 Å². The van der Waals surface area contributed by atoms with Crippen LogP contribution in [0.5, 0.6) is 5.75 Å². The Kier molecular flexibility index (Phi) is 5.11. The Balaban J connectivity index is 1.48. The van der Waals surface area contributed by atoms with E-state index in [1.807, 2.05) is 60.7 Å². The van der Waals surface area contributed by atoms with Crippen molar-refractivity contribution in [3.8, 4) is 5.75 Å². The van der Waals surface area contributed by atoms with E-state index in [4.69, 9.17) is 4.74 Å². The Morgan fingerprint density at radius 2 is 1.33 bits per heavy atom. The first kappa shape index (κ1) is 16.1. The quantitative estimate of drug-likeness (QED) is 0.865. The maximum Gasteiger partial charge on any atom is 0.260 e. The molecule has 0 unspecified atom stereocenters. The zero-order chi connectivity index (χ0) is 16.8. The molecule has 124 valence electrons. The molecule has 0 N–H and O–H groups in total. The third-order valence-corrected chi connectivity index (χ3v) is 4.05. The van der Waals surface area contributed by atoms with Gasteiger partial charge >= 0.3 is 0 Å². The number of benzene rings is 2. The van der Waals surface area contributed by atoms with Crippen LogP contribution in [0.1, 0.15) is 10.4 Å². The lowest BCUT2D eigenvalue weighted by atomic mass is 10.2. The van der Waals surface area contributed by atoms with Crippen molar-refractivity contribution in [2.24, 2.45) is 0 Å². The molecule has 0 atom stereocenters. The number of carbonyl (C=O) groups is 2. The molecule has 0 aromatic heterocycles. The van der Waals surface area contributed by atoms with Crippen molar-refractivity contribution in [2.75, 3.05) is 32.8 Å². The molecule has 2 aromatic rings. The minimum atomic E-state index is -0.0503. The van der Waals surface area contributed by atoms with Gasteiger partial charge < -0.3 is 14.5 Å². The van der Waals surface area contributed by atoms with E-state index in [2.05, 4.69) is 0 Å². The van der Waals surface area contributed by atoms with Crippen LogP contribution in [0.25, 0.3) is 0 Å². The minimum absolute atomic E-state index is 0.0169. The van der Waals surface area contributed by atoms with E-state index in [0.717, 1.165) is 0 Å². The van der Waals surface area contributed by atoms with Crippen LogP contribution in [-0.4, -0.2) is 54.4 Å². The molecule has 3 rings (SSSR count). The zero-order valence-electron chi connectivity index (χ0n) is 13.4. The van der Waals surface area contributed by atoms with Crippen LogP contribution in [0.15, 0.2) is 60.7 Å². The highest BCUT2D eigenvalue weighted by atomic mass is 16.5. The largest absolute Gasteiger partial charge is 0.484 e. The van der Waals surface area contributed by atoms with Crippen LogP contribution in [0.4, 0.5) is 0 Å². The summed E-state index contributed by atoms with van der Waals surface area (Å²) in [6, 6.07) is 18.5. The van der Waals surface area contributed by atoms with E-state index >= 15 is 0 Å². The average molecular weight is 324 g/mol. The number of hydrogen-bond donors (Lipinski definition) is 0. The Hall–Kier alpha value is -2.82. The molecule has 0 bridgehead atoms. The normalized spacial score (nSPS) is 14.3. The fourth-order valence-electron chi connectivity index (χ4n) is 2.68. The second-order valence-electron chi connectivity index (χ2n) is 5.64. The van der Waals surface area contributed by atoms with Crippen molar-refractivity contribution in [3.63, 3.8) is 0 Å². The smallest absolute Gasteiger partial charge is 0.260 e. The highest BCUT2D eigenvalue weighted by Gasteiger charge is 2.24. The van der Waals surface area contributed by atoms with E-state index in [1.54, 1.807) is 9.80 Å². The number of nitrogens with zero attached hydrogens (tertiary/aromatic N) is 2. The number of piperazine rings is 1. The third kappa shape index (κ3) is 3.93. The summed E-state index contributed by atoms with van der Waals surface area (Å²) in [5.74, 6) is 0.651.